The van der Waals surface area contributed by atoms with Crippen molar-refractivity contribution in [2.75, 3.05) is 0 Å². The molecule has 0 N–H and O–H groups in total. The summed E-state index contributed by atoms with van der Waals surface area (Å²) in [6.45, 7) is 11.1. The van der Waals surface area contributed by atoms with Crippen molar-refractivity contribution in [1.29, 1.82) is 0 Å². The van der Waals surface area contributed by atoms with Gasteiger partial charge in [-0.15, -0.1) is 0 Å². The summed E-state index contributed by atoms with van der Waals surface area (Å²) in [6.07, 6.45) is 0. The van der Waals surface area contributed by atoms with Crippen LogP contribution in [0.4, 0.5) is 0 Å². The molecule has 0 aliphatic rings. The standard InChI is InChI=1S/C13H19Cl/c1-9-6-7-11(8-12(9)14)10(2)13(3,4)5/h6-8,10H,1-5H3. The lowest BCUT2D eigenvalue weighted by Crippen LogP contribution is -2.15. The van der Waals surface area contributed by atoms with Crippen LogP contribution in [0.15, 0.2) is 18.2 Å². The van der Waals surface area contributed by atoms with Crippen molar-refractivity contribution in [1.82, 2.24) is 0 Å². The Balaban J connectivity index is 3.03. The van der Waals surface area contributed by atoms with E-state index in [4.69, 9.17) is 11.6 Å². The van der Waals surface area contributed by atoms with Crippen molar-refractivity contribution in [3.8, 4) is 0 Å². The number of aryl methyl sites for hydroxylation is 1. The molecule has 0 nitrogen and oxygen atoms in total. The summed E-state index contributed by atoms with van der Waals surface area (Å²) in [5.74, 6) is 0.528. The minimum Gasteiger partial charge on any atom is -0.0840 e. The molecular formula is C13H19Cl. The lowest BCUT2D eigenvalue weighted by Gasteiger charge is -2.27. The van der Waals surface area contributed by atoms with E-state index in [2.05, 4.69) is 45.9 Å². The van der Waals surface area contributed by atoms with Crippen LogP contribution in [0, 0.1) is 12.3 Å². The van der Waals surface area contributed by atoms with Crippen LogP contribution < -0.4 is 0 Å². The van der Waals surface area contributed by atoms with Gasteiger partial charge in [0.25, 0.3) is 0 Å². The third kappa shape index (κ3) is 2.51. The van der Waals surface area contributed by atoms with E-state index in [1.807, 2.05) is 6.92 Å². The Morgan fingerprint density at radius 1 is 1.21 bits per heavy atom. The molecule has 0 radical (unpaired) electrons. The summed E-state index contributed by atoms with van der Waals surface area (Å²) in [6, 6.07) is 6.36. The number of rotatable bonds is 1. The molecule has 0 aliphatic carbocycles. The van der Waals surface area contributed by atoms with Gasteiger partial charge in [0.1, 0.15) is 0 Å². The van der Waals surface area contributed by atoms with Crippen LogP contribution in [0.5, 0.6) is 0 Å². The van der Waals surface area contributed by atoms with Crippen LogP contribution in [-0.4, -0.2) is 0 Å². The Morgan fingerprint density at radius 2 is 1.79 bits per heavy atom. The molecule has 0 saturated carbocycles. The first-order valence-electron chi connectivity index (χ1n) is 5.08. The van der Waals surface area contributed by atoms with Gasteiger partial charge in [-0.1, -0.05) is 51.4 Å². The lowest BCUT2D eigenvalue weighted by atomic mass is 9.78. The van der Waals surface area contributed by atoms with Crippen LogP contribution in [0.3, 0.4) is 0 Å². The minimum atomic E-state index is 0.290. The van der Waals surface area contributed by atoms with Crippen LogP contribution in [0.1, 0.15) is 44.7 Å². The van der Waals surface area contributed by atoms with E-state index in [0.717, 1.165) is 10.6 Å². The van der Waals surface area contributed by atoms with Crippen molar-refractivity contribution in [2.45, 2.75) is 40.5 Å². The molecule has 0 aliphatic heterocycles. The summed E-state index contributed by atoms with van der Waals surface area (Å²) < 4.78 is 0. The zero-order valence-electron chi connectivity index (χ0n) is 9.69. The van der Waals surface area contributed by atoms with Crippen molar-refractivity contribution in [3.05, 3.63) is 34.3 Å². The first-order chi connectivity index (χ1) is 6.32. The van der Waals surface area contributed by atoms with Gasteiger partial charge in [0.05, 0.1) is 0 Å². The van der Waals surface area contributed by atoms with Gasteiger partial charge in [-0.05, 0) is 35.4 Å². The largest absolute Gasteiger partial charge is 0.0840 e. The Labute approximate surface area is 92.3 Å². The Hall–Kier alpha value is -0.490. The van der Waals surface area contributed by atoms with Crippen LogP contribution in [0.25, 0.3) is 0 Å². The van der Waals surface area contributed by atoms with Crippen molar-refractivity contribution >= 4 is 11.6 Å². The molecule has 1 unspecified atom stereocenters. The van der Waals surface area contributed by atoms with Gasteiger partial charge in [-0.3, -0.25) is 0 Å². The van der Waals surface area contributed by atoms with Gasteiger partial charge in [0.15, 0.2) is 0 Å². The van der Waals surface area contributed by atoms with Gasteiger partial charge in [0.2, 0.25) is 0 Å². The lowest BCUT2D eigenvalue weighted by molar-refractivity contribution is 0.339. The van der Waals surface area contributed by atoms with Gasteiger partial charge in [0, 0.05) is 5.02 Å². The summed E-state index contributed by atoms with van der Waals surface area (Å²) in [7, 11) is 0. The predicted molar refractivity (Wildman–Crippen MR) is 64.1 cm³/mol. The SMILES string of the molecule is Cc1ccc(C(C)C(C)(C)C)cc1Cl. The van der Waals surface area contributed by atoms with Crippen molar-refractivity contribution in [2.24, 2.45) is 5.41 Å². The molecule has 1 aromatic rings. The van der Waals surface area contributed by atoms with Crippen molar-refractivity contribution < 1.29 is 0 Å². The average molecular weight is 211 g/mol. The van der Waals surface area contributed by atoms with E-state index in [9.17, 15) is 0 Å². The van der Waals surface area contributed by atoms with Crippen LogP contribution in [0.2, 0.25) is 5.02 Å². The Morgan fingerprint density at radius 3 is 2.21 bits per heavy atom. The van der Waals surface area contributed by atoms with E-state index in [-0.39, 0.29) is 0 Å². The number of halogens is 1. The topological polar surface area (TPSA) is 0 Å². The van der Waals surface area contributed by atoms with Crippen molar-refractivity contribution in [3.63, 3.8) is 0 Å². The maximum atomic E-state index is 6.11. The zero-order chi connectivity index (χ0) is 10.9. The number of hydrogen-bond donors (Lipinski definition) is 0. The highest BCUT2D eigenvalue weighted by Crippen LogP contribution is 2.35. The Bertz CT molecular complexity index is 320. The highest BCUT2D eigenvalue weighted by Gasteiger charge is 2.21. The molecule has 1 rings (SSSR count). The molecule has 0 bridgehead atoms. The van der Waals surface area contributed by atoms with Gasteiger partial charge >= 0.3 is 0 Å². The highest BCUT2D eigenvalue weighted by atomic mass is 35.5. The minimum absolute atomic E-state index is 0.290. The van der Waals surface area contributed by atoms with E-state index >= 15 is 0 Å². The third-order valence-corrected chi connectivity index (χ3v) is 3.40. The first kappa shape index (κ1) is 11.6. The fourth-order valence-corrected chi connectivity index (χ4v) is 1.57. The molecule has 78 valence electrons. The number of benzene rings is 1. The van der Waals surface area contributed by atoms with E-state index in [1.165, 1.54) is 5.56 Å². The molecule has 1 aromatic carbocycles. The summed E-state index contributed by atoms with van der Waals surface area (Å²) in [5.41, 5.74) is 2.77. The summed E-state index contributed by atoms with van der Waals surface area (Å²) >= 11 is 6.11. The molecular weight excluding hydrogens is 192 g/mol. The molecule has 0 saturated heterocycles. The monoisotopic (exact) mass is 210 g/mol. The molecule has 0 spiro atoms. The predicted octanol–water partition coefficient (Wildman–Crippen LogP) is 4.80. The molecule has 0 amide bonds. The summed E-state index contributed by atoms with van der Waals surface area (Å²) in [4.78, 5) is 0. The van der Waals surface area contributed by atoms with Crippen LogP contribution >= 0.6 is 11.6 Å². The highest BCUT2D eigenvalue weighted by molar-refractivity contribution is 6.31. The molecule has 14 heavy (non-hydrogen) atoms. The normalized spacial score (nSPS) is 14.1. The number of hydrogen-bond acceptors (Lipinski definition) is 0. The van der Waals surface area contributed by atoms with E-state index in [0.29, 0.717) is 11.3 Å². The first-order valence-corrected chi connectivity index (χ1v) is 5.46. The van der Waals surface area contributed by atoms with Gasteiger partial charge in [-0.25, -0.2) is 0 Å². The second-order valence-corrected chi connectivity index (χ2v) is 5.50. The molecule has 0 aromatic heterocycles. The smallest absolute Gasteiger partial charge is 0.0438 e. The maximum absolute atomic E-state index is 6.11. The van der Waals surface area contributed by atoms with E-state index < -0.39 is 0 Å². The summed E-state index contributed by atoms with van der Waals surface area (Å²) in [5, 5.41) is 0.874. The second kappa shape index (κ2) is 3.94. The molecule has 1 heteroatoms. The third-order valence-electron chi connectivity index (χ3n) is 2.99. The zero-order valence-corrected chi connectivity index (χ0v) is 10.4. The fourth-order valence-electron chi connectivity index (χ4n) is 1.38. The van der Waals surface area contributed by atoms with Gasteiger partial charge in [-0.2, -0.15) is 0 Å². The Kier molecular flexibility index (Phi) is 3.26. The quantitative estimate of drug-likeness (QED) is 0.625. The van der Waals surface area contributed by atoms with Gasteiger partial charge < -0.3 is 0 Å². The van der Waals surface area contributed by atoms with E-state index in [1.54, 1.807) is 0 Å². The average Bonchev–Trinajstić information content (AvgIpc) is 2.07. The van der Waals surface area contributed by atoms with Crippen LogP contribution in [-0.2, 0) is 0 Å². The maximum Gasteiger partial charge on any atom is 0.0438 e. The molecule has 0 heterocycles. The fraction of sp³-hybridized carbons (Fsp3) is 0.538. The second-order valence-electron chi connectivity index (χ2n) is 5.10. The molecule has 0 fully saturated rings. The molecule has 1 atom stereocenters.